The van der Waals surface area contributed by atoms with Crippen LogP contribution in [0.25, 0.3) is 0 Å². The van der Waals surface area contributed by atoms with Gasteiger partial charge in [0.2, 0.25) is 0 Å². The summed E-state index contributed by atoms with van der Waals surface area (Å²) in [6.45, 7) is 0.863. The molecule has 22 heavy (non-hydrogen) atoms. The maximum atomic E-state index is 10.5. The van der Waals surface area contributed by atoms with E-state index in [1.54, 1.807) is 0 Å². The molecule has 0 amide bonds. The summed E-state index contributed by atoms with van der Waals surface area (Å²) in [4.78, 5) is 10.3. The fourth-order valence-electron chi connectivity index (χ4n) is 3.00. The predicted octanol–water partition coefficient (Wildman–Crippen LogP) is 2.80. The van der Waals surface area contributed by atoms with Crippen molar-refractivity contribution in [2.75, 3.05) is 17.2 Å². The van der Waals surface area contributed by atoms with Crippen molar-refractivity contribution in [3.8, 4) is 0 Å². The van der Waals surface area contributed by atoms with E-state index in [1.807, 2.05) is 30.3 Å². The van der Waals surface area contributed by atoms with Gasteiger partial charge < -0.3 is 15.7 Å². The van der Waals surface area contributed by atoms with Crippen LogP contribution in [0.3, 0.4) is 0 Å². The molecule has 1 saturated heterocycles. The Hall–Kier alpha value is -1.85. The molecule has 2 heterocycles. The number of hydrogen-bond donors (Lipinski definition) is 2. The van der Waals surface area contributed by atoms with Gasteiger partial charge in [-0.3, -0.25) is 0 Å². The van der Waals surface area contributed by atoms with Crippen LogP contribution >= 0.6 is 11.6 Å². The summed E-state index contributed by atoms with van der Waals surface area (Å²) in [5.41, 5.74) is 6.70. The van der Waals surface area contributed by atoms with Crippen molar-refractivity contribution in [1.82, 2.24) is 9.97 Å². The van der Waals surface area contributed by atoms with E-state index >= 15 is 0 Å². The third-order valence-electron chi connectivity index (χ3n) is 4.13. The molecule has 0 saturated carbocycles. The molecular weight excluding hydrogens is 300 g/mol. The van der Waals surface area contributed by atoms with Crippen LogP contribution in [0.2, 0.25) is 5.02 Å². The minimum Gasteiger partial charge on any atom is -0.388 e. The third kappa shape index (κ3) is 3.00. The van der Waals surface area contributed by atoms with Crippen LogP contribution in [-0.2, 0) is 0 Å². The first-order valence-electron chi connectivity index (χ1n) is 7.42. The zero-order chi connectivity index (χ0) is 15.5. The van der Waals surface area contributed by atoms with Crippen molar-refractivity contribution >= 4 is 23.2 Å². The minimum atomic E-state index is -0.496. The highest BCUT2D eigenvalue weighted by Crippen LogP contribution is 2.35. The Morgan fingerprint density at radius 2 is 2.09 bits per heavy atom. The van der Waals surface area contributed by atoms with Crippen LogP contribution in [0.5, 0.6) is 0 Å². The van der Waals surface area contributed by atoms with Gasteiger partial charge in [-0.15, -0.1) is 0 Å². The van der Waals surface area contributed by atoms with Crippen LogP contribution in [0.1, 0.15) is 30.9 Å². The highest BCUT2D eigenvalue weighted by Gasteiger charge is 2.30. The van der Waals surface area contributed by atoms with Gasteiger partial charge in [0, 0.05) is 12.6 Å². The van der Waals surface area contributed by atoms with Gasteiger partial charge in [0.15, 0.2) is 5.82 Å². The molecule has 1 aliphatic rings. The lowest BCUT2D eigenvalue weighted by atomic mass is 10.0. The van der Waals surface area contributed by atoms with E-state index in [4.69, 9.17) is 17.3 Å². The van der Waals surface area contributed by atoms with Crippen LogP contribution in [-0.4, -0.2) is 27.7 Å². The van der Waals surface area contributed by atoms with Crippen LogP contribution in [0, 0.1) is 0 Å². The molecule has 0 spiro atoms. The summed E-state index contributed by atoms with van der Waals surface area (Å²) in [6, 6.07) is 9.91. The molecule has 1 aromatic carbocycles. The van der Waals surface area contributed by atoms with Crippen LogP contribution < -0.4 is 10.6 Å². The highest BCUT2D eigenvalue weighted by atomic mass is 35.5. The van der Waals surface area contributed by atoms with Crippen LogP contribution in [0.4, 0.5) is 11.6 Å². The maximum Gasteiger partial charge on any atom is 0.153 e. The summed E-state index contributed by atoms with van der Waals surface area (Å²) >= 11 is 6.24. The average molecular weight is 319 g/mol. The third-order valence-corrected chi connectivity index (χ3v) is 4.49. The average Bonchev–Trinajstić information content (AvgIpc) is 2.99. The van der Waals surface area contributed by atoms with Gasteiger partial charge >= 0.3 is 0 Å². The number of halogens is 1. The first-order chi connectivity index (χ1) is 10.7. The lowest BCUT2D eigenvalue weighted by Gasteiger charge is -2.28. The summed E-state index contributed by atoms with van der Waals surface area (Å²) in [6.07, 6.45) is 3.63. The Morgan fingerprint density at radius 1 is 1.32 bits per heavy atom. The number of nitrogens with two attached hydrogens (primary N) is 1. The van der Waals surface area contributed by atoms with Gasteiger partial charge in [-0.1, -0.05) is 41.9 Å². The minimum absolute atomic E-state index is 0.196. The number of benzene rings is 1. The molecule has 3 N–H and O–H groups in total. The number of aliphatic hydroxyl groups excluding tert-OH is 1. The molecule has 0 radical (unpaired) electrons. The van der Waals surface area contributed by atoms with Gasteiger partial charge in [-0.05, 0) is 24.8 Å². The van der Waals surface area contributed by atoms with Gasteiger partial charge in [0.1, 0.15) is 17.2 Å². The Balaban J connectivity index is 1.77. The Bertz CT molecular complexity index is 637. The quantitative estimate of drug-likeness (QED) is 0.906. The first kappa shape index (κ1) is 15.1. The zero-order valence-electron chi connectivity index (χ0n) is 12.2. The SMILES string of the molecule is Nc1ncnc(N2CCC[C@@H]2C[C@@H](O)c2ccccc2)c1Cl. The molecule has 116 valence electrons. The lowest BCUT2D eigenvalue weighted by Crippen LogP contribution is -2.32. The normalized spacial score (nSPS) is 19.4. The van der Waals surface area contributed by atoms with Gasteiger partial charge in [0.25, 0.3) is 0 Å². The number of nitrogens with zero attached hydrogens (tertiary/aromatic N) is 3. The van der Waals surface area contributed by atoms with Crippen molar-refractivity contribution < 1.29 is 5.11 Å². The second kappa shape index (κ2) is 6.50. The maximum absolute atomic E-state index is 10.5. The summed E-state index contributed by atoms with van der Waals surface area (Å²) in [5, 5.41) is 10.8. The fourth-order valence-corrected chi connectivity index (χ4v) is 3.21. The second-order valence-electron chi connectivity index (χ2n) is 5.55. The number of rotatable bonds is 4. The van der Waals surface area contributed by atoms with Crippen molar-refractivity contribution in [3.63, 3.8) is 0 Å². The molecule has 3 rings (SSSR count). The zero-order valence-corrected chi connectivity index (χ0v) is 12.9. The summed E-state index contributed by atoms with van der Waals surface area (Å²) < 4.78 is 0. The lowest BCUT2D eigenvalue weighted by molar-refractivity contribution is 0.158. The van der Waals surface area contributed by atoms with E-state index in [1.165, 1.54) is 6.33 Å². The molecule has 0 unspecified atom stereocenters. The molecule has 0 bridgehead atoms. The Labute approximate surface area is 134 Å². The molecule has 0 aliphatic carbocycles. The van der Waals surface area contributed by atoms with E-state index in [9.17, 15) is 5.11 Å². The van der Waals surface area contributed by atoms with E-state index in [2.05, 4.69) is 14.9 Å². The first-order valence-corrected chi connectivity index (χ1v) is 7.80. The monoisotopic (exact) mass is 318 g/mol. The number of aromatic nitrogens is 2. The number of aliphatic hydroxyl groups is 1. The molecule has 2 atom stereocenters. The molecule has 5 nitrogen and oxygen atoms in total. The summed E-state index contributed by atoms with van der Waals surface area (Å²) in [7, 11) is 0. The molecular formula is C16H19ClN4O. The second-order valence-corrected chi connectivity index (χ2v) is 5.93. The summed E-state index contributed by atoms with van der Waals surface area (Å²) in [5.74, 6) is 0.956. The van der Waals surface area contributed by atoms with Crippen molar-refractivity contribution in [2.45, 2.75) is 31.4 Å². The predicted molar refractivity (Wildman–Crippen MR) is 87.8 cm³/mol. The number of nitrogen functional groups attached to an aromatic ring is 1. The standard InChI is InChI=1S/C16H19ClN4O/c17-14-15(18)19-10-20-16(14)21-8-4-7-12(21)9-13(22)11-5-2-1-3-6-11/h1-3,5-6,10,12-13,22H,4,7-9H2,(H2,18,19,20)/t12-,13-/m1/s1. The molecule has 1 aliphatic heterocycles. The largest absolute Gasteiger partial charge is 0.388 e. The van der Waals surface area contributed by atoms with Gasteiger partial charge in [-0.2, -0.15) is 0 Å². The molecule has 1 fully saturated rings. The van der Waals surface area contributed by atoms with E-state index in [-0.39, 0.29) is 6.04 Å². The van der Waals surface area contributed by atoms with Gasteiger partial charge in [0.05, 0.1) is 6.10 Å². The van der Waals surface area contributed by atoms with E-state index < -0.39 is 6.10 Å². The molecule has 2 aromatic rings. The number of anilines is 2. The Morgan fingerprint density at radius 3 is 2.86 bits per heavy atom. The highest BCUT2D eigenvalue weighted by molar-refractivity contribution is 6.35. The van der Waals surface area contributed by atoms with Crippen molar-refractivity contribution in [1.29, 1.82) is 0 Å². The number of hydrogen-bond acceptors (Lipinski definition) is 5. The fraction of sp³-hybridized carbons (Fsp3) is 0.375. The van der Waals surface area contributed by atoms with E-state index in [0.717, 1.165) is 24.9 Å². The topological polar surface area (TPSA) is 75.3 Å². The smallest absolute Gasteiger partial charge is 0.153 e. The van der Waals surface area contributed by atoms with Crippen LogP contribution in [0.15, 0.2) is 36.7 Å². The molecule has 1 aromatic heterocycles. The van der Waals surface area contributed by atoms with E-state index in [0.29, 0.717) is 23.1 Å². The Kier molecular flexibility index (Phi) is 4.45. The van der Waals surface area contributed by atoms with Gasteiger partial charge in [-0.25, -0.2) is 9.97 Å². The van der Waals surface area contributed by atoms with Crippen molar-refractivity contribution in [3.05, 3.63) is 47.2 Å². The molecule has 6 heteroatoms. The van der Waals surface area contributed by atoms with Crippen molar-refractivity contribution in [2.24, 2.45) is 0 Å².